The van der Waals surface area contributed by atoms with Crippen molar-refractivity contribution >= 4 is 11.9 Å². The predicted octanol–water partition coefficient (Wildman–Crippen LogP) is 0.746. The summed E-state index contributed by atoms with van der Waals surface area (Å²) >= 11 is 0. The van der Waals surface area contributed by atoms with Crippen molar-refractivity contribution in [3.05, 3.63) is 0 Å². The number of carboxylic acids is 1. The van der Waals surface area contributed by atoms with Gasteiger partial charge in [-0.15, -0.1) is 0 Å². The SMILES string of the molecule is CC(CNC(=O)C1(N)C2CCCOC2C1(C)C)CC(=O)O. The summed E-state index contributed by atoms with van der Waals surface area (Å²) in [5, 5.41) is 11.6. The first kappa shape index (κ1) is 16.2. The molecule has 1 aliphatic heterocycles. The van der Waals surface area contributed by atoms with Crippen molar-refractivity contribution in [2.75, 3.05) is 13.2 Å². The molecular formula is C15H26N2O4. The minimum absolute atomic E-state index is 0.0381. The second-order valence-corrected chi connectivity index (χ2v) is 7.04. The number of ether oxygens (including phenoxy) is 1. The topological polar surface area (TPSA) is 102 Å². The van der Waals surface area contributed by atoms with Crippen LogP contribution >= 0.6 is 0 Å². The molecule has 0 aromatic heterocycles. The first-order valence-corrected chi connectivity index (χ1v) is 7.61. The van der Waals surface area contributed by atoms with Crippen LogP contribution in [0.2, 0.25) is 0 Å². The Morgan fingerprint density at radius 3 is 2.76 bits per heavy atom. The zero-order chi connectivity index (χ0) is 15.8. The first-order chi connectivity index (χ1) is 9.71. The lowest BCUT2D eigenvalue weighted by Crippen LogP contribution is -2.82. The highest BCUT2D eigenvalue weighted by Crippen LogP contribution is 2.57. The van der Waals surface area contributed by atoms with Crippen molar-refractivity contribution in [1.82, 2.24) is 5.32 Å². The maximum absolute atomic E-state index is 12.6. The summed E-state index contributed by atoms with van der Waals surface area (Å²) in [4.78, 5) is 23.2. The van der Waals surface area contributed by atoms with E-state index in [2.05, 4.69) is 5.32 Å². The summed E-state index contributed by atoms with van der Waals surface area (Å²) in [6.07, 6.45) is 1.91. The van der Waals surface area contributed by atoms with E-state index < -0.39 is 16.9 Å². The molecule has 1 amide bonds. The standard InChI is InChI=1S/C15H26N2O4/c1-9(7-11(18)19)8-17-13(20)15(16)10-5-4-6-21-12(10)14(15,2)3/h9-10,12H,4-8,16H2,1-3H3,(H,17,20)(H,18,19). The summed E-state index contributed by atoms with van der Waals surface area (Å²) in [6, 6.07) is 0. The van der Waals surface area contributed by atoms with Gasteiger partial charge >= 0.3 is 5.97 Å². The van der Waals surface area contributed by atoms with E-state index in [1.54, 1.807) is 6.92 Å². The lowest BCUT2D eigenvalue weighted by atomic mass is 9.46. The van der Waals surface area contributed by atoms with Crippen LogP contribution in [0.3, 0.4) is 0 Å². The van der Waals surface area contributed by atoms with Crippen molar-refractivity contribution in [3.63, 3.8) is 0 Å². The number of nitrogens with one attached hydrogen (secondary N) is 1. The van der Waals surface area contributed by atoms with E-state index in [-0.39, 0.29) is 30.3 Å². The predicted molar refractivity (Wildman–Crippen MR) is 77.6 cm³/mol. The van der Waals surface area contributed by atoms with Crippen molar-refractivity contribution in [1.29, 1.82) is 0 Å². The van der Waals surface area contributed by atoms with E-state index in [1.165, 1.54) is 0 Å². The number of hydrogen-bond acceptors (Lipinski definition) is 4. The fourth-order valence-corrected chi connectivity index (χ4v) is 3.82. The van der Waals surface area contributed by atoms with Gasteiger partial charge < -0.3 is 20.9 Å². The minimum atomic E-state index is -0.930. The highest BCUT2D eigenvalue weighted by molar-refractivity contribution is 5.89. The van der Waals surface area contributed by atoms with Gasteiger partial charge in [-0.2, -0.15) is 0 Å². The molecule has 4 N–H and O–H groups in total. The van der Waals surface area contributed by atoms with Crippen LogP contribution in [0.25, 0.3) is 0 Å². The van der Waals surface area contributed by atoms with Crippen LogP contribution in [0.5, 0.6) is 0 Å². The molecule has 2 rings (SSSR count). The van der Waals surface area contributed by atoms with E-state index in [0.29, 0.717) is 6.54 Å². The second-order valence-electron chi connectivity index (χ2n) is 7.04. The van der Waals surface area contributed by atoms with Crippen molar-refractivity contribution in [2.24, 2.45) is 23.0 Å². The Hall–Kier alpha value is -1.14. The van der Waals surface area contributed by atoms with Gasteiger partial charge in [-0.3, -0.25) is 9.59 Å². The molecule has 21 heavy (non-hydrogen) atoms. The van der Waals surface area contributed by atoms with Crippen LogP contribution in [0.15, 0.2) is 0 Å². The molecule has 1 heterocycles. The summed E-state index contributed by atoms with van der Waals surface area (Å²) < 4.78 is 5.78. The molecule has 0 radical (unpaired) electrons. The van der Waals surface area contributed by atoms with Crippen molar-refractivity contribution in [2.45, 2.75) is 51.7 Å². The molecule has 120 valence electrons. The van der Waals surface area contributed by atoms with Gasteiger partial charge in [0.05, 0.1) is 6.10 Å². The van der Waals surface area contributed by atoms with Crippen molar-refractivity contribution in [3.8, 4) is 0 Å². The quantitative estimate of drug-likeness (QED) is 0.695. The molecule has 0 aromatic carbocycles. The highest BCUT2D eigenvalue weighted by Gasteiger charge is 2.70. The van der Waals surface area contributed by atoms with E-state index in [0.717, 1.165) is 19.4 Å². The van der Waals surface area contributed by atoms with Crippen LogP contribution in [0, 0.1) is 17.3 Å². The molecule has 0 aromatic rings. The van der Waals surface area contributed by atoms with Gasteiger partial charge in [-0.25, -0.2) is 0 Å². The third-order valence-corrected chi connectivity index (χ3v) is 5.19. The van der Waals surface area contributed by atoms with Crippen LogP contribution in [0.4, 0.5) is 0 Å². The molecule has 1 aliphatic carbocycles. The number of amides is 1. The summed E-state index contributed by atoms with van der Waals surface area (Å²) in [5.74, 6) is -1.10. The van der Waals surface area contributed by atoms with E-state index in [4.69, 9.17) is 15.6 Å². The maximum atomic E-state index is 12.6. The zero-order valence-corrected chi connectivity index (χ0v) is 13.0. The molecule has 4 unspecified atom stereocenters. The third-order valence-electron chi connectivity index (χ3n) is 5.19. The fraction of sp³-hybridized carbons (Fsp3) is 0.867. The van der Waals surface area contributed by atoms with Crippen LogP contribution < -0.4 is 11.1 Å². The Bertz CT molecular complexity index is 437. The Morgan fingerprint density at radius 1 is 1.48 bits per heavy atom. The Morgan fingerprint density at radius 2 is 2.14 bits per heavy atom. The summed E-state index contributed by atoms with van der Waals surface area (Å²) in [7, 11) is 0. The largest absolute Gasteiger partial charge is 0.481 e. The third kappa shape index (κ3) is 2.55. The number of carbonyl (C=O) groups excluding carboxylic acids is 1. The van der Waals surface area contributed by atoms with Crippen LogP contribution in [0.1, 0.15) is 40.0 Å². The minimum Gasteiger partial charge on any atom is -0.481 e. The Kier molecular flexibility index (Phi) is 4.31. The molecule has 0 bridgehead atoms. The highest BCUT2D eigenvalue weighted by atomic mass is 16.5. The van der Waals surface area contributed by atoms with Gasteiger partial charge in [0.25, 0.3) is 0 Å². The molecule has 6 heteroatoms. The molecule has 6 nitrogen and oxygen atoms in total. The number of aliphatic carboxylic acids is 1. The Balaban J connectivity index is 1.99. The number of carbonyl (C=O) groups is 2. The molecule has 2 fully saturated rings. The molecule has 1 saturated heterocycles. The Labute approximate surface area is 125 Å². The molecular weight excluding hydrogens is 272 g/mol. The van der Waals surface area contributed by atoms with Gasteiger partial charge in [0.2, 0.25) is 5.91 Å². The molecule has 4 atom stereocenters. The molecule has 2 aliphatic rings. The van der Waals surface area contributed by atoms with E-state index in [1.807, 2.05) is 13.8 Å². The smallest absolute Gasteiger partial charge is 0.303 e. The van der Waals surface area contributed by atoms with Gasteiger partial charge in [0.1, 0.15) is 5.54 Å². The van der Waals surface area contributed by atoms with Gasteiger partial charge in [-0.05, 0) is 18.8 Å². The average Bonchev–Trinajstić information content (AvgIpc) is 2.43. The summed E-state index contributed by atoms with van der Waals surface area (Å²) in [6.45, 7) is 6.81. The number of carboxylic acid groups (broad SMARTS) is 1. The van der Waals surface area contributed by atoms with Gasteiger partial charge in [-0.1, -0.05) is 20.8 Å². The van der Waals surface area contributed by atoms with Crippen LogP contribution in [-0.4, -0.2) is 41.8 Å². The average molecular weight is 298 g/mol. The van der Waals surface area contributed by atoms with Gasteiger partial charge in [0, 0.05) is 30.9 Å². The van der Waals surface area contributed by atoms with E-state index >= 15 is 0 Å². The maximum Gasteiger partial charge on any atom is 0.303 e. The molecule has 0 spiro atoms. The van der Waals surface area contributed by atoms with Crippen LogP contribution in [-0.2, 0) is 14.3 Å². The number of nitrogens with two attached hydrogens (primary N) is 1. The first-order valence-electron chi connectivity index (χ1n) is 7.61. The number of rotatable bonds is 5. The summed E-state index contributed by atoms with van der Waals surface area (Å²) in [5.41, 5.74) is 5.12. The molecule has 1 saturated carbocycles. The normalized spacial score (nSPS) is 35.2. The second kappa shape index (κ2) is 5.57. The van der Waals surface area contributed by atoms with Gasteiger partial charge in [0.15, 0.2) is 0 Å². The lowest BCUT2D eigenvalue weighted by Gasteiger charge is -2.65. The number of fused-ring (bicyclic) bond motifs is 1. The zero-order valence-electron chi connectivity index (χ0n) is 13.0. The lowest BCUT2D eigenvalue weighted by molar-refractivity contribution is -0.225. The number of hydrogen-bond donors (Lipinski definition) is 3. The fourth-order valence-electron chi connectivity index (χ4n) is 3.82. The monoisotopic (exact) mass is 298 g/mol. The van der Waals surface area contributed by atoms with Crippen molar-refractivity contribution < 1.29 is 19.4 Å². The van der Waals surface area contributed by atoms with E-state index in [9.17, 15) is 9.59 Å².